The van der Waals surface area contributed by atoms with Gasteiger partial charge in [0.15, 0.2) is 11.5 Å². The number of phenols is 1. The van der Waals surface area contributed by atoms with Crippen LogP contribution in [0.2, 0.25) is 0 Å². The van der Waals surface area contributed by atoms with Crippen LogP contribution < -0.4 is 10.3 Å². The molecule has 1 heterocycles. The number of aryl methyl sites for hydroxylation is 1. The summed E-state index contributed by atoms with van der Waals surface area (Å²) in [5.41, 5.74) is 3.00. The van der Waals surface area contributed by atoms with Gasteiger partial charge in [-0.2, -0.15) is 0 Å². The number of para-hydroxylation sites is 1. The Bertz CT molecular complexity index is 1340. The van der Waals surface area contributed by atoms with Crippen LogP contribution in [0.3, 0.4) is 0 Å². The first-order chi connectivity index (χ1) is 14.5. The van der Waals surface area contributed by atoms with Crippen molar-refractivity contribution in [1.29, 1.82) is 0 Å². The molecule has 1 aromatic heterocycles. The van der Waals surface area contributed by atoms with Crippen LogP contribution in [0.5, 0.6) is 11.5 Å². The Hall–Kier alpha value is -3.38. The fourth-order valence-electron chi connectivity index (χ4n) is 3.26. The first-order valence-electron chi connectivity index (χ1n) is 9.31. The summed E-state index contributed by atoms with van der Waals surface area (Å²) in [6, 6.07) is 18.1. The lowest BCUT2D eigenvalue weighted by Crippen LogP contribution is -2.22. The van der Waals surface area contributed by atoms with Gasteiger partial charge in [-0.3, -0.25) is 9.36 Å². The van der Waals surface area contributed by atoms with Gasteiger partial charge in [0, 0.05) is 4.47 Å². The van der Waals surface area contributed by atoms with Crippen molar-refractivity contribution in [3.05, 3.63) is 92.4 Å². The third-order valence-electron chi connectivity index (χ3n) is 4.83. The Morgan fingerprint density at radius 2 is 1.87 bits per heavy atom. The minimum Gasteiger partial charge on any atom is -0.504 e. The Morgan fingerprint density at radius 3 is 2.60 bits per heavy atom. The number of hydrogen-bond donors (Lipinski definition) is 1. The SMILES string of the molecule is COc1ccc(/C=C/c2nc3ccccc3c(=O)n2-c2ccc(Br)c(C)c2)cc1O. The third-order valence-corrected chi connectivity index (χ3v) is 5.72. The molecular weight excluding hydrogens is 444 g/mol. The molecule has 30 heavy (non-hydrogen) atoms. The van der Waals surface area contributed by atoms with Gasteiger partial charge in [0.25, 0.3) is 5.56 Å². The molecule has 5 nitrogen and oxygen atoms in total. The van der Waals surface area contributed by atoms with Crippen molar-refractivity contribution in [2.24, 2.45) is 0 Å². The van der Waals surface area contributed by atoms with E-state index < -0.39 is 0 Å². The standard InChI is InChI=1S/C24H19BrN2O3/c1-15-13-17(9-10-19(15)25)27-23(26-20-6-4-3-5-18(20)24(27)29)12-8-16-7-11-22(30-2)21(28)14-16/h3-14,28H,1-2H3/b12-8+. The predicted molar refractivity (Wildman–Crippen MR) is 123 cm³/mol. The average Bonchev–Trinajstić information content (AvgIpc) is 2.74. The number of nitrogens with zero attached hydrogens (tertiary/aromatic N) is 2. The fourth-order valence-corrected chi connectivity index (χ4v) is 3.51. The summed E-state index contributed by atoms with van der Waals surface area (Å²) in [5, 5.41) is 10.6. The number of aromatic nitrogens is 2. The smallest absolute Gasteiger partial charge is 0.266 e. The molecule has 0 saturated heterocycles. The molecule has 4 aromatic rings. The first kappa shape index (κ1) is 19.9. The molecule has 4 rings (SSSR count). The van der Waals surface area contributed by atoms with Crippen molar-refractivity contribution in [3.63, 3.8) is 0 Å². The number of phenolic OH excluding ortho intramolecular Hbond substituents is 1. The van der Waals surface area contributed by atoms with Crippen LogP contribution in [0, 0.1) is 6.92 Å². The van der Waals surface area contributed by atoms with E-state index in [0.717, 1.165) is 21.3 Å². The van der Waals surface area contributed by atoms with E-state index in [-0.39, 0.29) is 11.3 Å². The van der Waals surface area contributed by atoms with E-state index >= 15 is 0 Å². The maximum Gasteiger partial charge on any atom is 0.266 e. The van der Waals surface area contributed by atoms with Crippen LogP contribution in [0.1, 0.15) is 17.0 Å². The molecule has 0 bridgehead atoms. The molecule has 0 atom stereocenters. The molecule has 0 unspecified atom stereocenters. The van der Waals surface area contributed by atoms with E-state index in [2.05, 4.69) is 15.9 Å². The number of methoxy groups -OCH3 is 1. The highest BCUT2D eigenvalue weighted by Gasteiger charge is 2.12. The summed E-state index contributed by atoms with van der Waals surface area (Å²) in [4.78, 5) is 18.0. The Balaban J connectivity index is 1.90. The molecule has 150 valence electrons. The van der Waals surface area contributed by atoms with Gasteiger partial charge in [0.05, 0.1) is 23.7 Å². The van der Waals surface area contributed by atoms with Crippen molar-refractivity contribution in [3.8, 4) is 17.2 Å². The fraction of sp³-hybridized carbons (Fsp3) is 0.0833. The van der Waals surface area contributed by atoms with Crippen molar-refractivity contribution in [1.82, 2.24) is 9.55 Å². The second kappa shape index (κ2) is 8.16. The summed E-state index contributed by atoms with van der Waals surface area (Å²) < 4.78 is 7.66. The second-order valence-electron chi connectivity index (χ2n) is 6.83. The lowest BCUT2D eigenvalue weighted by atomic mass is 10.1. The van der Waals surface area contributed by atoms with E-state index in [1.165, 1.54) is 7.11 Å². The number of halogens is 1. The van der Waals surface area contributed by atoms with Gasteiger partial charge in [-0.25, -0.2) is 4.98 Å². The van der Waals surface area contributed by atoms with Crippen molar-refractivity contribution in [2.45, 2.75) is 6.92 Å². The maximum absolute atomic E-state index is 13.3. The van der Waals surface area contributed by atoms with Crippen molar-refractivity contribution in [2.75, 3.05) is 7.11 Å². The normalized spacial score (nSPS) is 11.3. The maximum atomic E-state index is 13.3. The predicted octanol–water partition coefficient (Wildman–Crippen LogP) is 5.34. The van der Waals surface area contributed by atoms with Crippen molar-refractivity contribution < 1.29 is 9.84 Å². The van der Waals surface area contributed by atoms with Crippen LogP contribution in [0.15, 0.2) is 69.9 Å². The Labute approximate surface area is 182 Å². The number of hydrogen-bond acceptors (Lipinski definition) is 4. The average molecular weight is 463 g/mol. The quantitative estimate of drug-likeness (QED) is 0.444. The molecule has 0 aliphatic rings. The summed E-state index contributed by atoms with van der Waals surface area (Å²) in [6.45, 7) is 1.97. The Kier molecular flexibility index (Phi) is 5.42. The van der Waals surface area contributed by atoms with Crippen LogP contribution in [0.4, 0.5) is 0 Å². The number of rotatable bonds is 4. The van der Waals surface area contributed by atoms with Crippen LogP contribution >= 0.6 is 15.9 Å². The summed E-state index contributed by atoms with van der Waals surface area (Å²) in [7, 11) is 1.50. The van der Waals surface area contributed by atoms with Gasteiger partial charge >= 0.3 is 0 Å². The van der Waals surface area contributed by atoms with Gasteiger partial charge in [-0.05, 0) is 66.6 Å². The molecule has 0 aliphatic carbocycles. The molecule has 0 fully saturated rings. The van der Waals surface area contributed by atoms with E-state index in [9.17, 15) is 9.90 Å². The topological polar surface area (TPSA) is 64.3 Å². The summed E-state index contributed by atoms with van der Waals surface area (Å²) >= 11 is 3.51. The van der Waals surface area contributed by atoms with Crippen LogP contribution in [-0.2, 0) is 0 Å². The van der Waals surface area contributed by atoms with Gasteiger partial charge in [0.2, 0.25) is 0 Å². The molecule has 0 aliphatic heterocycles. The largest absolute Gasteiger partial charge is 0.504 e. The number of benzene rings is 3. The monoisotopic (exact) mass is 462 g/mol. The number of aromatic hydroxyl groups is 1. The van der Waals surface area contributed by atoms with Gasteiger partial charge < -0.3 is 9.84 Å². The molecule has 3 aromatic carbocycles. The zero-order valence-electron chi connectivity index (χ0n) is 16.5. The molecular formula is C24H19BrN2O3. The van der Waals surface area contributed by atoms with E-state index in [1.54, 1.807) is 34.9 Å². The molecule has 1 N–H and O–H groups in total. The van der Waals surface area contributed by atoms with Gasteiger partial charge in [0.1, 0.15) is 5.82 Å². The van der Waals surface area contributed by atoms with Crippen molar-refractivity contribution >= 4 is 39.0 Å². The van der Waals surface area contributed by atoms with Crippen LogP contribution in [0.25, 0.3) is 28.7 Å². The first-order valence-corrected chi connectivity index (χ1v) is 10.1. The highest BCUT2D eigenvalue weighted by Crippen LogP contribution is 2.27. The van der Waals surface area contributed by atoms with E-state index in [4.69, 9.17) is 9.72 Å². The zero-order valence-corrected chi connectivity index (χ0v) is 18.1. The zero-order chi connectivity index (χ0) is 21.3. The van der Waals surface area contributed by atoms with E-state index in [1.807, 2.05) is 49.4 Å². The summed E-state index contributed by atoms with van der Waals surface area (Å²) in [5.74, 6) is 0.945. The summed E-state index contributed by atoms with van der Waals surface area (Å²) in [6.07, 6.45) is 3.57. The highest BCUT2D eigenvalue weighted by atomic mass is 79.9. The molecule has 6 heteroatoms. The molecule has 0 radical (unpaired) electrons. The second-order valence-corrected chi connectivity index (χ2v) is 7.68. The van der Waals surface area contributed by atoms with Gasteiger partial charge in [-0.15, -0.1) is 0 Å². The van der Waals surface area contributed by atoms with Crippen LogP contribution in [-0.4, -0.2) is 21.8 Å². The number of fused-ring (bicyclic) bond motifs is 1. The molecule has 0 spiro atoms. The lowest BCUT2D eigenvalue weighted by Gasteiger charge is -2.13. The van der Waals surface area contributed by atoms with Gasteiger partial charge in [-0.1, -0.05) is 40.2 Å². The lowest BCUT2D eigenvalue weighted by molar-refractivity contribution is 0.373. The minimum absolute atomic E-state index is 0.0482. The Morgan fingerprint density at radius 1 is 1.07 bits per heavy atom. The molecule has 0 amide bonds. The highest BCUT2D eigenvalue weighted by molar-refractivity contribution is 9.10. The minimum atomic E-state index is -0.139. The third kappa shape index (κ3) is 3.74. The molecule has 0 saturated carbocycles. The van der Waals surface area contributed by atoms with E-state index in [0.29, 0.717) is 22.5 Å². The number of ether oxygens (including phenoxy) is 1.